The van der Waals surface area contributed by atoms with Crippen LogP contribution in [0.4, 0.5) is 8.78 Å². The molecule has 1 aromatic carbocycles. The second kappa shape index (κ2) is 8.69. The van der Waals surface area contributed by atoms with Gasteiger partial charge in [-0.05, 0) is 36.8 Å². The predicted octanol–water partition coefficient (Wildman–Crippen LogP) is 3.06. The number of morpholine rings is 1. The molecule has 2 aliphatic heterocycles. The van der Waals surface area contributed by atoms with Crippen molar-refractivity contribution >= 4 is 11.5 Å². The Bertz CT molecular complexity index is 1240. The van der Waals surface area contributed by atoms with Gasteiger partial charge in [0.15, 0.2) is 5.84 Å². The van der Waals surface area contributed by atoms with Crippen LogP contribution in [0.2, 0.25) is 0 Å². The molecule has 178 valence electrons. The number of hydrogen-bond donors (Lipinski definition) is 1. The highest BCUT2D eigenvalue weighted by atomic mass is 19.1. The molecule has 5 rings (SSSR count). The lowest BCUT2D eigenvalue weighted by Crippen LogP contribution is -2.56. The first-order valence-corrected chi connectivity index (χ1v) is 10.8. The van der Waals surface area contributed by atoms with Crippen molar-refractivity contribution in [3.05, 3.63) is 83.2 Å². The van der Waals surface area contributed by atoms with Gasteiger partial charge in [0.05, 0.1) is 37.0 Å². The third-order valence-electron chi connectivity index (χ3n) is 6.14. The van der Waals surface area contributed by atoms with Gasteiger partial charge in [0.25, 0.3) is 5.72 Å². The summed E-state index contributed by atoms with van der Waals surface area (Å²) in [4.78, 5) is 11.6. The fourth-order valence-electron chi connectivity index (χ4n) is 4.46. The van der Waals surface area contributed by atoms with Crippen molar-refractivity contribution in [2.45, 2.75) is 25.2 Å². The second-order valence-corrected chi connectivity index (χ2v) is 8.24. The van der Waals surface area contributed by atoms with E-state index < -0.39 is 30.1 Å². The van der Waals surface area contributed by atoms with Crippen molar-refractivity contribution in [1.82, 2.24) is 14.5 Å². The zero-order chi connectivity index (χ0) is 23.9. The highest BCUT2D eigenvalue weighted by Gasteiger charge is 2.52. The third-order valence-corrected chi connectivity index (χ3v) is 6.14. The number of nitrogens with zero attached hydrogens (tertiary/aromatic N) is 4. The van der Waals surface area contributed by atoms with Gasteiger partial charge in [-0.3, -0.25) is 0 Å². The van der Waals surface area contributed by atoms with E-state index in [1.165, 1.54) is 6.07 Å². The van der Waals surface area contributed by atoms with E-state index in [9.17, 15) is 13.9 Å². The number of allylic oxidation sites excluding steroid dienone is 4. The van der Waals surface area contributed by atoms with Gasteiger partial charge >= 0.3 is 0 Å². The number of ether oxygens (including phenoxy) is 2. The fraction of sp³-hybridized carbons (Fsp3) is 0.333. The largest absolute Gasteiger partial charge is 0.499 e. The molecule has 0 amide bonds. The van der Waals surface area contributed by atoms with Gasteiger partial charge in [-0.2, -0.15) is 0 Å². The van der Waals surface area contributed by atoms with Gasteiger partial charge in [0, 0.05) is 25.2 Å². The predicted molar refractivity (Wildman–Crippen MR) is 119 cm³/mol. The third kappa shape index (κ3) is 3.68. The molecule has 3 heterocycles. The Balaban J connectivity index is 1.41. The van der Waals surface area contributed by atoms with Crippen LogP contribution in [0.1, 0.15) is 17.7 Å². The topological polar surface area (TPSA) is 81.3 Å². The molecule has 1 aliphatic carbocycles. The molecule has 3 aliphatic rings. The molecule has 1 aromatic heterocycles. The number of hydrogen-bond acceptors (Lipinski definition) is 7. The SMILES string of the molecule is COC1=C(n2cnc(C)c2)C=CC(=CC2OCCN3C2=NOC3(CO)c2ccc(F)cc2F)C1. The highest BCUT2D eigenvalue weighted by Crippen LogP contribution is 2.39. The smallest absolute Gasteiger partial charge is 0.263 e. The minimum Gasteiger partial charge on any atom is -0.499 e. The Morgan fingerprint density at radius 2 is 2.18 bits per heavy atom. The fourth-order valence-corrected chi connectivity index (χ4v) is 4.46. The molecule has 34 heavy (non-hydrogen) atoms. The minimum absolute atomic E-state index is 0.00545. The molecule has 0 bridgehead atoms. The maximum absolute atomic E-state index is 14.6. The minimum atomic E-state index is -1.58. The number of aliphatic hydroxyl groups is 1. The molecule has 0 radical (unpaired) electrons. The van der Waals surface area contributed by atoms with Gasteiger partial charge in [0.1, 0.15) is 30.1 Å². The maximum atomic E-state index is 14.6. The molecule has 2 aromatic rings. The van der Waals surface area contributed by atoms with Crippen LogP contribution in [0.25, 0.3) is 5.70 Å². The van der Waals surface area contributed by atoms with Crippen molar-refractivity contribution in [2.24, 2.45) is 5.16 Å². The molecular weight excluding hydrogens is 446 g/mol. The first-order chi connectivity index (χ1) is 16.4. The van der Waals surface area contributed by atoms with Crippen molar-refractivity contribution < 1.29 is 28.2 Å². The molecule has 1 N–H and O–H groups in total. The zero-order valence-electron chi connectivity index (χ0n) is 18.7. The second-order valence-electron chi connectivity index (χ2n) is 8.24. The summed E-state index contributed by atoms with van der Waals surface area (Å²) in [6, 6.07) is 3.15. The van der Waals surface area contributed by atoms with Gasteiger partial charge in [0.2, 0.25) is 0 Å². The Labute approximate surface area is 195 Å². The van der Waals surface area contributed by atoms with E-state index in [0.717, 1.165) is 34.9 Å². The number of imidazole rings is 1. The lowest BCUT2D eigenvalue weighted by Gasteiger charge is -2.40. The van der Waals surface area contributed by atoms with Crippen LogP contribution in [0.15, 0.2) is 65.4 Å². The monoisotopic (exact) mass is 470 g/mol. The van der Waals surface area contributed by atoms with Crippen LogP contribution in [-0.2, 0) is 20.0 Å². The molecular formula is C24H24F2N4O4. The Morgan fingerprint density at radius 3 is 2.88 bits per heavy atom. The number of benzene rings is 1. The lowest BCUT2D eigenvalue weighted by atomic mass is 9.98. The molecule has 1 saturated heterocycles. The first-order valence-electron chi connectivity index (χ1n) is 10.8. The average molecular weight is 470 g/mol. The average Bonchev–Trinajstić information content (AvgIpc) is 3.44. The van der Waals surface area contributed by atoms with E-state index >= 15 is 0 Å². The first kappa shape index (κ1) is 22.3. The van der Waals surface area contributed by atoms with Crippen molar-refractivity contribution in [3.63, 3.8) is 0 Å². The summed E-state index contributed by atoms with van der Waals surface area (Å²) >= 11 is 0. The standard InChI is InChI=1S/C24H24F2N4O4/c1-15-12-29(14-27-15)20-6-3-16(9-21(20)32-2)10-22-23-28-34-24(13-31,30(23)7-8-33-22)18-5-4-17(25)11-19(18)26/h3-6,10-12,14,22,31H,7-9,13H2,1-2H3. The summed E-state index contributed by atoms with van der Waals surface area (Å²) in [5.41, 5.74) is 1.14. The normalized spacial score (nSPS) is 25.4. The van der Waals surface area contributed by atoms with Crippen LogP contribution in [0.3, 0.4) is 0 Å². The summed E-state index contributed by atoms with van der Waals surface area (Å²) in [6.07, 6.45) is 9.39. The lowest BCUT2D eigenvalue weighted by molar-refractivity contribution is -0.146. The number of methoxy groups -OCH3 is 1. The summed E-state index contributed by atoms with van der Waals surface area (Å²) in [6.45, 7) is 1.97. The van der Waals surface area contributed by atoms with E-state index in [4.69, 9.17) is 14.3 Å². The molecule has 1 fully saturated rings. The molecule has 0 saturated carbocycles. The van der Waals surface area contributed by atoms with Crippen molar-refractivity contribution in [2.75, 3.05) is 26.9 Å². The Kier molecular flexibility index (Phi) is 5.70. The van der Waals surface area contributed by atoms with E-state index in [0.29, 0.717) is 25.4 Å². The summed E-state index contributed by atoms with van der Waals surface area (Å²) in [7, 11) is 1.62. The Morgan fingerprint density at radius 1 is 1.32 bits per heavy atom. The van der Waals surface area contributed by atoms with Crippen molar-refractivity contribution in [3.8, 4) is 0 Å². The quantitative estimate of drug-likeness (QED) is 0.724. The summed E-state index contributed by atoms with van der Waals surface area (Å²) < 4.78 is 41.6. The number of amidine groups is 1. The number of halogens is 2. The van der Waals surface area contributed by atoms with E-state index in [1.807, 2.05) is 35.9 Å². The number of aliphatic hydroxyl groups excluding tert-OH is 1. The van der Waals surface area contributed by atoms with Crippen LogP contribution in [-0.4, -0.2) is 58.4 Å². The number of oxime groups is 1. The van der Waals surface area contributed by atoms with Crippen LogP contribution < -0.4 is 0 Å². The highest BCUT2D eigenvalue weighted by molar-refractivity contribution is 5.90. The number of fused-ring (bicyclic) bond motifs is 1. The van der Waals surface area contributed by atoms with Crippen LogP contribution in [0.5, 0.6) is 0 Å². The summed E-state index contributed by atoms with van der Waals surface area (Å²) in [5, 5.41) is 14.4. The Hall–Kier alpha value is -3.50. The summed E-state index contributed by atoms with van der Waals surface area (Å²) in [5.74, 6) is -0.362. The van der Waals surface area contributed by atoms with Gasteiger partial charge in [-0.15, -0.1) is 0 Å². The molecule has 8 nitrogen and oxygen atoms in total. The van der Waals surface area contributed by atoms with Crippen LogP contribution in [0, 0.1) is 18.6 Å². The molecule has 2 unspecified atom stereocenters. The molecule has 10 heteroatoms. The van der Waals surface area contributed by atoms with E-state index in [1.54, 1.807) is 18.3 Å². The number of aromatic nitrogens is 2. The zero-order valence-corrected chi connectivity index (χ0v) is 18.7. The number of rotatable bonds is 5. The van der Waals surface area contributed by atoms with Crippen LogP contribution >= 0.6 is 0 Å². The molecule has 2 atom stereocenters. The van der Waals surface area contributed by atoms with Gasteiger partial charge in [-0.1, -0.05) is 11.2 Å². The van der Waals surface area contributed by atoms with Gasteiger partial charge in [-0.25, -0.2) is 13.8 Å². The maximum Gasteiger partial charge on any atom is 0.263 e. The number of aryl methyl sites for hydroxylation is 1. The van der Waals surface area contributed by atoms with Crippen molar-refractivity contribution in [1.29, 1.82) is 0 Å². The van der Waals surface area contributed by atoms with E-state index in [-0.39, 0.29) is 5.56 Å². The van der Waals surface area contributed by atoms with Gasteiger partial charge < -0.3 is 28.9 Å². The molecule has 0 spiro atoms. The van der Waals surface area contributed by atoms with E-state index in [2.05, 4.69) is 10.1 Å².